The Morgan fingerprint density at radius 1 is 1.00 bits per heavy atom. The minimum atomic E-state index is -1.88. The third kappa shape index (κ3) is 6.76. The summed E-state index contributed by atoms with van der Waals surface area (Å²) in [6.45, 7) is 0. The average molecular weight is 210 g/mol. The first-order valence-electron chi connectivity index (χ1n) is 3.65. The van der Waals surface area contributed by atoms with Gasteiger partial charge < -0.3 is 20.1 Å². The molecule has 0 aromatic rings. The van der Waals surface area contributed by atoms with Crippen molar-refractivity contribution in [2.24, 2.45) is 0 Å². The van der Waals surface area contributed by atoms with Crippen LogP contribution in [-0.4, -0.2) is 22.8 Å². The summed E-state index contributed by atoms with van der Waals surface area (Å²) in [5, 5.41) is 28.4. The molecule has 0 unspecified atom stereocenters. The van der Waals surface area contributed by atoms with Crippen LogP contribution in [0.2, 0.25) is 0 Å². The molecule has 0 bridgehead atoms. The number of rotatable bonds is 5. The smallest absolute Gasteiger partial charge is 0.328 e. The Kier molecular flexibility index (Phi) is 5.17. The van der Waals surface area contributed by atoms with Crippen molar-refractivity contribution in [3.05, 3.63) is 36.1 Å². The van der Waals surface area contributed by atoms with E-state index >= 15 is 0 Å². The van der Waals surface area contributed by atoms with E-state index in [2.05, 4.69) is 0 Å². The molecule has 0 atom stereocenters. The zero-order valence-electron chi connectivity index (χ0n) is 7.38. The van der Waals surface area contributed by atoms with Crippen LogP contribution < -0.4 is 10.2 Å². The maximum Gasteiger partial charge on any atom is 0.328 e. The minimum Gasteiger partial charge on any atom is -0.871 e. The number of allylic oxidation sites excluding steroid dienone is 4. The topological polar surface area (TPSA) is 118 Å². The summed E-state index contributed by atoms with van der Waals surface area (Å²) in [4.78, 5) is 30.6. The molecule has 0 spiro atoms. The van der Waals surface area contributed by atoms with Crippen molar-refractivity contribution >= 4 is 17.7 Å². The van der Waals surface area contributed by atoms with Crippen LogP contribution in [0.4, 0.5) is 0 Å². The monoisotopic (exact) mass is 210 g/mol. The fraction of sp³-hybridized carbons (Fsp3) is 0. The van der Waals surface area contributed by atoms with Gasteiger partial charge in [-0.25, -0.2) is 4.79 Å². The van der Waals surface area contributed by atoms with Crippen molar-refractivity contribution in [3.63, 3.8) is 0 Å². The zero-order valence-corrected chi connectivity index (χ0v) is 7.38. The van der Waals surface area contributed by atoms with E-state index in [1.54, 1.807) is 0 Å². The van der Waals surface area contributed by atoms with E-state index < -0.39 is 23.5 Å². The lowest BCUT2D eigenvalue weighted by Crippen LogP contribution is -2.30. The Hall–Kier alpha value is -2.37. The number of hydrogen-bond acceptors (Lipinski definition) is 5. The molecule has 0 aromatic carbocycles. The Morgan fingerprint density at radius 3 is 2.07 bits per heavy atom. The number of aliphatic carboxylic acids is 2. The molecule has 0 fully saturated rings. The molecule has 15 heavy (non-hydrogen) atoms. The molecule has 0 aliphatic heterocycles. The Bertz CT molecular complexity index is 361. The van der Waals surface area contributed by atoms with E-state index in [0.29, 0.717) is 12.2 Å². The third-order valence-electron chi connectivity index (χ3n) is 1.10. The zero-order chi connectivity index (χ0) is 11.8. The molecular weight excluding hydrogens is 204 g/mol. The lowest BCUT2D eigenvalue weighted by molar-refractivity contribution is -0.353. The molecule has 0 radical (unpaired) electrons. The number of carboxylic acid groups (broad SMARTS) is 2. The van der Waals surface area contributed by atoms with Crippen LogP contribution in [0.5, 0.6) is 0 Å². The lowest BCUT2D eigenvalue weighted by Gasteiger charge is -2.09. The second-order valence-corrected chi connectivity index (χ2v) is 2.25. The number of carbonyl (C=O) groups is 3. The first kappa shape index (κ1) is 12.6. The van der Waals surface area contributed by atoms with Crippen molar-refractivity contribution in [1.29, 1.82) is 0 Å². The highest BCUT2D eigenvalue weighted by molar-refractivity contribution is 6.02. The van der Waals surface area contributed by atoms with Crippen LogP contribution in [0.25, 0.3) is 0 Å². The highest BCUT2D eigenvalue weighted by Crippen LogP contribution is 1.86. The summed E-state index contributed by atoms with van der Waals surface area (Å²) in [6.07, 6.45) is 3.75. The van der Waals surface area contributed by atoms with Crippen molar-refractivity contribution in [1.82, 2.24) is 0 Å². The Balaban J connectivity index is 4.31. The van der Waals surface area contributed by atoms with Gasteiger partial charge in [0, 0.05) is 6.08 Å². The molecule has 0 aliphatic rings. The first-order chi connectivity index (χ1) is 6.93. The SMILES string of the molecule is O=C(O)/C=C/C(=O)/C=C/C=C(\[O-])C(=O)[O-]. The summed E-state index contributed by atoms with van der Waals surface area (Å²) >= 11 is 0. The van der Waals surface area contributed by atoms with Gasteiger partial charge in [0.05, 0.1) is 5.97 Å². The molecule has 0 saturated heterocycles. The molecule has 80 valence electrons. The normalized spacial score (nSPS) is 12.1. The van der Waals surface area contributed by atoms with Crippen molar-refractivity contribution in [3.8, 4) is 0 Å². The average Bonchev–Trinajstić information content (AvgIpc) is 2.14. The predicted molar refractivity (Wildman–Crippen MR) is 44.0 cm³/mol. The summed E-state index contributed by atoms with van der Waals surface area (Å²) in [5.41, 5.74) is 0. The number of hydrogen-bond donors (Lipinski definition) is 1. The molecule has 6 heteroatoms. The van der Waals surface area contributed by atoms with Gasteiger partial charge in [-0.3, -0.25) is 4.79 Å². The van der Waals surface area contributed by atoms with E-state index in [9.17, 15) is 24.6 Å². The van der Waals surface area contributed by atoms with Crippen LogP contribution >= 0.6 is 0 Å². The highest BCUT2D eigenvalue weighted by Gasteiger charge is 1.90. The predicted octanol–water partition coefficient (Wildman–Crippen LogP) is -2.25. The first-order valence-corrected chi connectivity index (χ1v) is 3.65. The quantitative estimate of drug-likeness (QED) is 0.311. The van der Waals surface area contributed by atoms with Crippen LogP contribution in [0.1, 0.15) is 0 Å². The minimum absolute atomic E-state index is 0.618. The summed E-state index contributed by atoms with van der Waals surface area (Å²) in [6, 6.07) is 0. The number of ketones is 1. The largest absolute Gasteiger partial charge is 0.871 e. The maximum absolute atomic E-state index is 10.8. The van der Waals surface area contributed by atoms with E-state index in [1.165, 1.54) is 0 Å². The van der Waals surface area contributed by atoms with Crippen LogP contribution in [0.3, 0.4) is 0 Å². The van der Waals surface area contributed by atoms with Gasteiger partial charge in [0.15, 0.2) is 5.78 Å². The van der Waals surface area contributed by atoms with Gasteiger partial charge in [-0.15, -0.1) is 0 Å². The fourth-order valence-corrected chi connectivity index (χ4v) is 0.507. The fourth-order valence-electron chi connectivity index (χ4n) is 0.507. The van der Waals surface area contributed by atoms with E-state index in [4.69, 9.17) is 5.11 Å². The van der Waals surface area contributed by atoms with Crippen LogP contribution in [-0.2, 0) is 14.4 Å². The van der Waals surface area contributed by atoms with Gasteiger partial charge in [-0.2, -0.15) is 0 Å². The van der Waals surface area contributed by atoms with E-state index in [0.717, 1.165) is 18.2 Å². The van der Waals surface area contributed by atoms with Crippen molar-refractivity contribution in [2.75, 3.05) is 0 Å². The van der Waals surface area contributed by atoms with Crippen molar-refractivity contribution < 1.29 is 29.7 Å². The van der Waals surface area contributed by atoms with Crippen LogP contribution in [0.15, 0.2) is 36.1 Å². The van der Waals surface area contributed by atoms with Gasteiger partial charge in [-0.05, 0) is 12.2 Å². The second-order valence-electron chi connectivity index (χ2n) is 2.25. The van der Waals surface area contributed by atoms with E-state index in [1.807, 2.05) is 0 Å². The van der Waals surface area contributed by atoms with Gasteiger partial charge in [0.25, 0.3) is 0 Å². The summed E-state index contributed by atoms with van der Waals surface area (Å²) in [5.74, 6) is -5.12. The van der Waals surface area contributed by atoms with Crippen LogP contribution in [0, 0.1) is 0 Å². The molecular formula is C9H6O6-2. The van der Waals surface area contributed by atoms with Crippen molar-refractivity contribution in [2.45, 2.75) is 0 Å². The molecule has 0 aliphatic carbocycles. The Labute approximate surface area is 84.5 Å². The van der Waals surface area contributed by atoms with Gasteiger partial charge >= 0.3 is 5.97 Å². The molecule has 6 nitrogen and oxygen atoms in total. The maximum atomic E-state index is 10.8. The van der Waals surface area contributed by atoms with Gasteiger partial charge in [-0.1, -0.05) is 17.9 Å². The summed E-state index contributed by atoms with van der Waals surface area (Å²) < 4.78 is 0. The lowest BCUT2D eigenvalue weighted by atomic mass is 10.3. The number of carbonyl (C=O) groups excluding carboxylic acids is 2. The number of carboxylic acids is 2. The summed E-state index contributed by atoms with van der Waals surface area (Å²) in [7, 11) is 0. The van der Waals surface area contributed by atoms with Gasteiger partial charge in [0.1, 0.15) is 0 Å². The standard InChI is InChI=1S/C9H8O6/c10-6(4-5-8(12)13)2-1-3-7(11)9(14)15/h1-5,11H,(H,12,13)(H,14,15)/p-2/b2-1+,5-4+,7-3-. The van der Waals surface area contributed by atoms with E-state index in [-0.39, 0.29) is 0 Å². The molecule has 0 heterocycles. The molecule has 1 N–H and O–H groups in total. The molecule has 0 amide bonds. The molecule has 0 rings (SSSR count). The second kappa shape index (κ2) is 6.14. The molecule has 0 saturated carbocycles. The molecule has 0 aromatic heterocycles. The third-order valence-corrected chi connectivity index (χ3v) is 1.10. The van der Waals surface area contributed by atoms with Gasteiger partial charge in [0.2, 0.25) is 0 Å². The highest BCUT2D eigenvalue weighted by atomic mass is 16.4. The Morgan fingerprint density at radius 2 is 1.60 bits per heavy atom.